The lowest BCUT2D eigenvalue weighted by atomic mass is 9.74. The van der Waals surface area contributed by atoms with Gasteiger partial charge in [0.1, 0.15) is 5.82 Å². The molecule has 2 fully saturated rings. The monoisotopic (exact) mass is 541 g/mol. The molecule has 1 unspecified atom stereocenters. The number of aliphatic hydroxyl groups is 2. The van der Waals surface area contributed by atoms with Crippen molar-refractivity contribution in [3.05, 3.63) is 34.6 Å². The van der Waals surface area contributed by atoms with Crippen molar-refractivity contribution in [3.63, 3.8) is 0 Å². The summed E-state index contributed by atoms with van der Waals surface area (Å²) < 4.78 is 20.3. The molecule has 1 aliphatic heterocycles. The van der Waals surface area contributed by atoms with Gasteiger partial charge in [-0.15, -0.1) is 0 Å². The minimum absolute atomic E-state index is 0.0233. The van der Waals surface area contributed by atoms with E-state index in [2.05, 4.69) is 10.6 Å². The van der Waals surface area contributed by atoms with Crippen molar-refractivity contribution >= 4 is 17.6 Å². The summed E-state index contributed by atoms with van der Waals surface area (Å²) in [6.07, 6.45) is 7.85. The first-order chi connectivity index (χ1) is 17.8. The molecule has 1 saturated heterocycles. The molecule has 0 bridgehead atoms. The number of methoxy groups -OCH3 is 1. The Labute approximate surface area is 226 Å². The second kappa shape index (κ2) is 14.6. The van der Waals surface area contributed by atoms with Crippen LogP contribution in [0, 0.1) is 17.7 Å². The summed E-state index contributed by atoms with van der Waals surface area (Å²) in [5.41, 5.74) is -1.28. The van der Waals surface area contributed by atoms with Crippen LogP contribution in [-0.4, -0.2) is 73.7 Å². The van der Waals surface area contributed by atoms with Crippen molar-refractivity contribution in [1.29, 1.82) is 0 Å². The molecule has 3 rings (SSSR count). The van der Waals surface area contributed by atoms with Gasteiger partial charge in [-0.2, -0.15) is 0 Å². The zero-order chi connectivity index (χ0) is 26.8. The Morgan fingerprint density at radius 2 is 2.00 bits per heavy atom. The molecule has 2 amide bonds. The first-order valence-electron chi connectivity index (χ1n) is 13.9. The minimum atomic E-state index is -1.46. The molecule has 1 aromatic rings. The van der Waals surface area contributed by atoms with Gasteiger partial charge in [0.25, 0.3) is 0 Å². The molecule has 7 nitrogen and oxygen atoms in total. The van der Waals surface area contributed by atoms with Crippen molar-refractivity contribution in [3.8, 4) is 0 Å². The highest BCUT2D eigenvalue weighted by atomic mass is 35.5. The molecule has 0 aromatic heterocycles. The van der Waals surface area contributed by atoms with Gasteiger partial charge in [0.05, 0.1) is 22.8 Å². The molecular formula is C28H45ClFN3O4. The highest BCUT2D eigenvalue weighted by Gasteiger charge is 2.43. The van der Waals surface area contributed by atoms with Crippen molar-refractivity contribution in [1.82, 2.24) is 15.5 Å². The molecule has 0 spiro atoms. The van der Waals surface area contributed by atoms with E-state index >= 15 is 4.39 Å². The standard InChI is InChI=1S/C28H45ClFN3O4/c1-31-18-24(26(34)20-10-4-3-5-11-20)32-27(35)33-16-9-12-21(19-33)28(36,15-6-7-17-37-2)22-13-8-14-23(29)25(22)30/h8,13-14,20-21,24,26,31,34,36H,3-7,9-12,15-19H2,1-2H3,(H,32,35)/t21?,24-,26+,28+/m1/s1. The average molecular weight is 542 g/mol. The number of amides is 2. The summed E-state index contributed by atoms with van der Waals surface area (Å²) in [5.74, 6) is -0.775. The van der Waals surface area contributed by atoms with Crippen LogP contribution in [0.2, 0.25) is 5.02 Å². The van der Waals surface area contributed by atoms with Crippen molar-refractivity contribution < 1.29 is 24.1 Å². The maximum absolute atomic E-state index is 15.2. The predicted molar refractivity (Wildman–Crippen MR) is 144 cm³/mol. The molecule has 1 aromatic carbocycles. The number of likely N-dealkylation sites (tertiary alicyclic amines) is 1. The summed E-state index contributed by atoms with van der Waals surface area (Å²) in [7, 11) is 3.44. The van der Waals surface area contributed by atoms with Gasteiger partial charge in [-0.05, 0) is 64.0 Å². The quantitative estimate of drug-likeness (QED) is 0.294. The summed E-state index contributed by atoms with van der Waals surface area (Å²) in [6.45, 7) is 1.87. The Kier molecular flexibility index (Phi) is 11.9. The van der Waals surface area contributed by atoms with E-state index in [-0.39, 0.29) is 28.5 Å². The maximum Gasteiger partial charge on any atom is 0.317 e. The van der Waals surface area contributed by atoms with Crippen LogP contribution < -0.4 is 10.6 Å². The number of carbonyl (C=O) groups excluding carboxylic acids is 1. The highest BCUT2D eigenvalue weighted by molar-refractivity contribution is 6.30. The van der Waals surface area contributed by atoms with E-state index in [4.69, 9.17) is 16.3 Å². The fourth-order valence-corrected chi connectivity index (χ4v) is 6.29. The SMILES string of the molecule is CNC[C@@H](NC(=O)N1CCCC([C@@](O)(CCCCOC)c2cccc(Cl)c2F)C1)[C@@H](O)C1CCCCC1. The third-order valence-corrected chi connectivity index (χ3v) is 8.53. The number of ether oxygens (including phenoxy) is 1. The number of rotatable bonds is 12. The van der Waals surface area contributed by atoms with Crippen LogP contribution >= 0.6 is 11.6 Å². The number of urea groups is 1. The number of unbranched alkanes of at least 4 members (excludes halogenated alkanes) is 1. The number of piperidine rings is 1. The second-order valence-corrected chi connectivity index (χ2v) is 11.2. The van der Waals surface area contributed by atoms with Gasteiger partial charge in [-0.3, -0.25) is 0 Å². The maximum atomic E-state index is 15.2. The number of carbonyl (C=O) groups is 1. The van der Waals surface area contributed by atoms with Gasteiger partial charge >= 0.3 is 6.03 Å². The number of likely N-dealkylation sites (N-methyl/N-ethyl adjacent to an activating group) is 1. The van der Waals surface area contributed by atoms with Crippen LogP contribution in [0.5, 0.6) is 0 Å². The third kappa shape index (κ3) is 7.79. The fourth-order valence-electron chi connectivity index (χ4n) is 6.12. The molecule has 4 atom stereocenters. The Morgan fingerprint density at radius 3 is 2.70 bits per heavy atom. The first kappa shape index (κ1) is 30.1. The van der Waals surface area contributed by atoms with Crippen LogP contribution in [0.25, 0.3) is 0 Å². The van der Waals surface area contributed by atoms with E-state index in [0.29, 0.717) is 51.9 Å². The van der Waals surface area contributed by atoms with Crippen LogP contribution in [0.1, 0.15) is 69.8 Å². The molecule has 1 saturated carbocycles. The van der Waals surface area contributed by atoms with Gasteiger partial charge in [-0.1, -0.05) is 43.0 Å². The first-order valence-corrected chi connectivity index (χ1v) is 14.2. The van der Waals surface area contributed by atoms with Gasteiger partial charge in [0.15, 0.2) is 0 Å². The number of hydrogen-bond acceptors (Lipinski definition) is 5. The van der Waals surface area contributed by atoms with Crippen molar-refractivity contribution in [2.45, 2.75) is 82.0 Å². The number of nitrogens with one attached hydrogen (secondary N) is 2. The lowest BCUT2D eigenvalue weighted by Gasteiger charge is -2.43. The zero-order valence-corrected chi connectivity index (χ0v) is 23.1. The molecule has 4 N–H and O–H groups in total. The average Bonchev–Trinajstić information content (AvgIpc) is 2.92. The lowest BCUT2D eigenvalue weighted by molar-refractivity contribution is -0.0590. The minimum Gasteiger partial charge on any atom is -0.391 e. The van der Waals surface area contributed by atoms with Crippen LogP contribution in [0.15, 0.2) is 18.2 Å². The van der Waals surface area contributed by atoms with E-state index < -0.39 is 23.6 Å². The summed E-state index contributed by atoms with van der Waals surface area (Å²) in [5, 5.41) is 29.2. The molecule has 1 aliphatic carbocycles. The van der Waals surface area contributed by atoms with E-state index in [9.17, 15) is 15.0 Å². The normalized spacial score (nSPS) is 22.3. The Hall–Kier alpha value is -1.45. The highest BCUT2D eigenvalue weighted by Crippen LogP contribution is 2.42. The van der Waals surface area contributed by atoms with Crippen LogP contribution in [0.3, 0.4) is 0 Å². The summed E-state index contributed by atoms with van der Waals surface area (Å²) in [6, 6.07) is 4.07. The van der Waals surface area contributed by atoms with Crippen LogP contribution in [-0.2, 0) is 10.3 Å². The number of aliphatic hydroxyl groups excluding tert-OH is 1. The Balaban J connectivity index is 1.75. The van der Waals surface area contributed by atoms with Crippen molar-refractivity contribution in [2.24, 2.45) is 11.8 Å². The summed E-state index contributed by atoms with van der Waals surface area (Å²) >= 11 is 6.09. The molecule has 2 aliphatic rings. The van der Waals surface area contributed by atoms with Crippen molar-refractivity contribution in [2.75, 3.05) is 40.4 Å². The molecule has 0 radical (unpaired) electrons. The van der Waals surface area contributed by atoms with Gasteiger partial charge in [-0.25, -0.2) is 9.18 Å². The van der Waals surface area contributed by atoms with Crippen LogP contribution in [0.4, 0.5) is 9.18 Å². The van der Waals surface area contributed by atoms with E-state index in [1.807, 2.05) is 7.05 Å². The predicted octanol–water partition coefficient (Wildman–Crippen LogP) is 4.43. The molecule has 9 heteroatoms. The zero-order valence-electron chi connectivity index (χ0n) is 22.4. The van der Waals surface area contributed by atoms with Gasteiger partial charge in [0.2, 0.25) is 0 Å². The Bertz CT molecular complexity index is 857. The van der Waals surface area contributed by atoms with Gasteiger partial charge in [0, 0.05) is 44.8 Å². The van der Waals surface area contributed by atoms with E-state index in [0.717, 1.165) is 32.1 Å². The molecule has 210 valence electrons. The molecular weight excluding hydrogens is 497 g/mol. The number of nitrogens with zero attached hydrogens (tertiary/aromatic N) is 1. The molecule has 1 heterocycles. The fraction of sp³-hybridized carbons (Fsp3) is 0.750. The van der Waals surface area contributed by atoms with Gasteiger partial charge < -0.3 is 30.5 Å². The second-order valence-electron chi connectivity index (χ2n) is 10.8. The number of benzene rings is 1. The van der Waals surface area contributed by atoms with E-state index in [1.165, 1.54) is 12.5 Å². The lowest BCUT2D eigenvalue weighted by Crippen LogP contribution is -2.57. The number of halogens is 2. The summed E-state index contributed by atoms with van der Waals surface area (Å²) in [4.78, 5) is 15.1. The van der Waals surface area contributed by atoms with E-state index in [1.54, 1.807) is 24.1 Å². The Morgan fingerprint density at radius 1 is 1.24 bits per heavy atom. The molecule has 37 heavy (non-hydrogen) atoms. The topological polar surface area (TPSA) is 94.1 Å². The third-order valence-electron chi connectivity index (χ3n) is 8.24. The smallest absolute Gasteiger partial charge is 0.317 e. The number of hydrogen-bond donors (Lipinski definition) is 4. The largest absolute Gasteiger partial charge is 0.391 e.